The molecule has 0 radical (unpaired) electrons. The number of phosphoric acid groups is 1. The molecule has 1 aromatic carbocycles. The Bertz CT molecular complexity index is 443. The molecule has 84 valence electrons. The van der Waals surface area contributed by atoms with Gasteiger partial charge >= 0.3 is 7.82 Å². The smallest absolute Gasteiger partial charge is 0.401 e. The van der Waals surface area contributed by atoms with Crippen LogP contribution in [0.4, 0.5) is 17.6 Å². The Morgan fingerprint density at radius 3 is 2.07 bits per heavy atom. The summed E-state index contributed by atoms with van der Waals surface area (Å²) in [5.74, 6) is -9.54. The fourth-order valence-corrected chi connectivity index (χ4v) is 1.13. The lowest BCUT2D eigenvalue weighted by Crippen LogP contribution is -2.00. The molecule has 2 N–H and O–H groups in total. The highest BCUT2D eigenvalue weighted by Gasteiger charge is 2.25. The Morgan fingerprint density at radius 1 is 1.07 bits per heavy atom. The van der Waals surface area contributed by atoms with E-state index in [0.29, 0.717) is 0 Å². The lowest BCUT2D eigenvalue weighted by Gasteiger charge is -2.08. The molecule has 1 rings (SSSR count). The summed E-state index contributed by atoms with van der Waals surface area (Å²) < 4.78 is 63.9. The standard InChI is InChI=1S/C6H3F4O4P/c7-2-1-3(14-15(11,12)13)5(9)6(10)4(2)8/h1H,(H2,11,12,13). The Morgan fingerprint density at radius 2 is 1.60 bits per heavy atom. The molecule has 0 saturated carbocycles. The summed E-state index contributed by atoms with van der Waals surface area (Å²) in [5.41, 5.74) is 0. The summed E-state index contributed by atoms with van der Waals surface area (Å²) in [4.78, 5) is 16.5. The first-order valence-electron chi connectivity index (χ1n) is 3.30. The van der Waals surface area contributed by atoms with E-state index in [4.69, 9.17) is 9.79 Å². The number of rotatable bonds is 2. The first-order valence-corrected chi connectivity index (χ1v) is 4.83. The Balaban J connectivity index is 3.27. The molecule has 0 saturated heterocycles. The molecule has 9 heteroatoms. The molecule has 0 amide bonds. The van der Waals surface area contributed by atoms with Crippen molar-refractivity contribution in [2.75, 3.05) is 0 Å². The van der Waals surface area contributed by atoms with Crippen molar-refractivity contribution >= 4 is 7.82 Å². The van der Waals surface area contributed by atoms with Crippen LogP contribution < -0.4 is 4.52 Å². The number of phosphoric ester groups is 1. The van der Waals surface area contributed by atoms with Gasteiger partial charge in [0.25, 0.3) is 0 Å². The number of hydrogen-bond acceptors (Lipinski definition) is 2. The summed E-state index contributed by atoms with van der Waals surface area (Å²) in [5, 5.41) is 0. The highest BCUT2D eigenvalue weighted by molar-refractivity contribution is 7.46. The maximum atomic E-state index is 12.7. The summed E-state index contributed by atoms with van der Waals surface area (Å²) in [6.07, 6.45) is 0. The van der Waals surface area contributed by atoms with E-state index < -0.39 is 36.8 Å². The van der Waals surface area contributed by atoms with Crippen LogP contribution in [0.2, 0.25) is 0 Å². The zero-order valence-corrected chi connectivity index (χ0v) is 7.64. The second-order valence-electron chi connectivity index (χ2n) is 2.38. The van der Waals surface area contributed by atoms with Crippen molar-refractivity contribution in [1.29, 1.82) is 0 Å². The molecule has 0 aliphatic carbocycles. The lowest BCUT2D eigenvalue weighted by molar-refractivity contribution is 0.273. The SMILES string of the molecule is O=P(O)(O)Oc1cc(F)c(F)c(F)c1F. The molecule has 15 heavy (non-hydrogen) atoms. The summed E-state index contributed by atoms with van der Waals surface area (Å²) in [6.45, 7) is 0. The second-order valence-corrected chi connectivity index (χ2v) is 3.54. The topological polar surface area (TPSA) is 66.8 Å². The van der Waals surface area contributed by atoms with E-state index in [1.54, 1.807) is 0 Å². The average Bonchev–Trinajstić information content (AvgIpc) is 2.08. The van der Waals surface area contributed by atoms with Crippen LogP contribution in [0.1, 0.15) is 0 Å². The fourth-order valence-electron chi connectivity index (χ4n) is 0.746. The normalized spacial score (nSPS) is 11.6. The Labute approximate surface area is 80.3 Å². The molecular formula is C6H3F4O4P. The average molecular weight is 246 g/mol. The second kappa shape index (κ2) is 3.80. The summed E-state index contributed by atoms with van der Waals surface area (Å²) in [6, 6.07) is -0.00711. The van der Waals surface area contributed by atoms with Gasteiger partial charge in [-0.25, -0.2) is 17.7 Å². The van der Waals surface area contributed by atoms with Crippen LogP contribution in [0.15, 0.2) is 6.07 Å². The largest absolute Gasteiger partial charge is 0.524 e. The number of hydrogen-bond donors (Lipinski definition) is 2. The zero-order chi connectivity index (χ0) is 11.8. The van der Waals surface area contributed by atoms with Crippen LogP contribution in [0, 0.1) is 23.3 Å². The predicted octanol–water partition coefficient (Wildman–Crippen LogP) is 1.71. The van der Waals surface area contributed by atoms with E-state index in [2.05, 4.69) is 4.52 Å². The van der Waals surface area contributed by atoms with E-state index in [1.165, 1.54) is 0 Å². The van der Waals surface area contributed by atoms with E-state index in [0.717, 1.165) is 0 Å². The molecule has 0 aromatic heterocycles. The lowest BCUT2D eigenvalue weighted by atomic mass is 10.3. The van der Waals surface area contributed by atoms with Crippen molar-refractivity contribution < 1.29 is 36.4 Å². The fraction of sp³-hybridized carbons (Fsp3) is 0. The van der Waals surface area contributed by atoms with Gasteiger partial charge in [-0.2, -0.15) is 4.39 Å². The van der Waals surface area contributed by atoms with Gasteiger partial charge in [-0.15, -0.1) is 0 Å². The third kappa shape index (κ3) is 2.68. The molecule has 4 nitrogen and oxygen atoms in total. The zero-order valence-electron chi connectivity index (χ0n) is 6.75. The quantitative estimate of drug-likeness (QED) is 0.361. The molecular weight excluding hydrogens is 243 g/mol. The molecule has 0 bridgehead atoms. The van der Waals surface area contributed by atoms with Crippen LogP contribution in [0.25, 0.3) is 0 Å². The maximum Gasteiger partial charge on any atom is 0.524 e. The van der Waals surface area contributed by atoms with Crippen LogP contribution in [0.5, 0.6) is 5.75 Å². The molecule has 0 spiro atoms. The number of benzene rings is 1. The van der Waals surface area contributed by atoms with E-state index in [-0.39, 0.29) is 6.07 Å². The van der Waals surface area contributed by atoms with Crippen molar-refractivity contribution in [3.8, 4) is 5.75 Å². The minimum atomic E-state index is -5.17. The molecule has 0 heterocycles. The van der Waals surface area contributed by atoms with Crippen LogP contribution in [-0.4, -0.2) is 9.79 Å². The first-order chi connectivity index (χ1) is 6.72. The van der Waals surface area contributed by atoms with Gasteiger partial charge in [0.15, 0.2) is 17.4 Å². The predicted molar refractivity (Wildman–Crippen MR) is 38.9 cm³/mol. The van der Waals surface area contributed by atoms with Gasteiger partial charge in [-0.1, -0.05) is 0 Å². The van der Waals surface area contributed by atoms with Crippen molar-refractivity contribution in [3.63, 3.8) is 0 Å². The summed E-state index contributed by atoms with van der Waals surface area (Å²) >= 11 is 0. The van der Waals surface area contributed by atoms with Gasteiger partial charge in [-0.05, 0) is 0 Å². The van der Waals surface area contributed by atoms with Crippen LogP contribution in [0.3, 0.4) is 0 Å². The van der Waals surface area contributed by atoms with E-state index >= 15 is 0 Å². The Hall–Kier alpha value is -1.11. The third-order valence-corrected chi connectivity index (χ3v) is 1.72. The molecule has 0 aliphatic heterocycles. The van der Waals surface area contributed by atoms with Gasteiger partial charge in [0, 0.05) is 6.07 Å². The molecule has 0 unspecified atom stereocenters. The Kier molecular flexibility index (Phi) is 3.03. The monoisotopic (exact) mass is 246 g/mol. The maximum absolute atomic E-state index is 12.7. The first kappa shape index (κ1) is 12.0. The van der Waals surface area contributed by atoms with Gasteiger partial charge in [0.05, 0.1) is 0 Å². The van der Waals surface area contributed by atoms with Gasteiger partial charge in [-0.3, -0.25) is 9.79 Å². The highest BCUT2D eigenvalue weighted by Crippen LogP contribution is 2.39. The van der Waals surface area contributed by atoms with Gasteiger partial charge in [0.1, 0.15) is 0 Å². The third-order valence-electron chi connectivity index (χ3n) is 1.29. The summed E-state index contributed by atoms with van der Waals surface area (Å²) in [7, 11) is -5.17. The highest BCUT2D eigenvalue weighted by atomic mass is 31.2. The molecule has 0 fully saturated rings. The van der Waals surface area contributed by atoms with Crippen LogP contribution >= 0.6 is 7.82 Å². The molecule has 0 atom stereocenters. The molecule has 0 aliphatic rings. The van der Waals surface area contributed by atoms with Crippen LogP contribution in [-0.2, 0) is 4.57 Å². The van der Waals surface area contributed by atoms with Crippen molar-refractivity contribution in [1.82, 2.24) is 0 Å². The molecule has 1 aromatic rings. The minimum Gasteiger partial charge on any atom is -0.401 e. The van der Waals surface area contributed by atoms with Gasteiger partial charge < -0.3 is 4.52 Å². The van der Waals surface area contributed by atoms with E-state index in [9.17, 15) is 22.1 Å². The van der Waals surface area contributed by atoms with Crippen molar-refractivity contribution in [2.45, 2.75) is 0 Å². The van der Waals surface area contributed by atoms with E-state index in [1.807, 2.05) is 0 Å². The number of halogens is 4. The van der Waals surface area contributed by atoms with Crippen molar-refractivity contribution in [2.24, 2.45) is 0 Å². The van der Waals surface area contributed by atoms with Gasteiger partial charge in [0.2, 0.25) is 11.6 Å². The van der Waals surface area contributed by atoms with Crippen molar-refractivity contribution in [3.05, 3.63) is 29.3 Å². The minimum absolute atomic E-state index is 0.00711.